The van der Waals surface area contributed by atoms with Crippen LogP contribution >= 0.6 is 0 Å². The Morgan fingerprint density at radius 1 is 1.40 bits per heavy atom. The Balaban J connectivity index is 2.62. The average Bonchev–Trinajstić information content (AvgIpc) is 2.38. The Labute approximate surface area is 115 Å². The molecule has 20 heavy (non-hydrogen) atoms. The first-order chi connectivity index (χ1) is 9.25. The van der Waals surface area contributed by atoms with Crippen molar-refractivity contribution in [3.05, 3.63) is 0 Å². The first kappa shape index (κ1) is 16.6. The minimum absolute atomic E-state index is 0.0118. The molecule has 0 radical (unpaired) electrons. The average molecular weight is 296 g/mol. The number of nitrogens with zero attached hydrogens (tertiary/aromatic N) is 2. The Morgan fingerprint density at radius 2 is 2.05 bits per heavy atom. The molecule has 1 saturated heterocycles. The minimum atomic E-state index is -4.29. The van der Waals surface area contributed by atoms with Crippen molar-refractivity contribution in [3.8, 4) is 0 Å². The predicted molar refractivity (Wildman–Crippen MR) is 65.2 cm³/mol. The van der Waals surface area contributed by atoms with E-state index in [9.17, 15) is 22.8 Å². The molecule has 1 N–H and O–H groups in total. The number of carboxylic acids is 1. The minimum Gasteiger partial charge on any atom is -0.481 e. The topological polar surface area (TPSA) is 60.9 Å². The number of hydrogen-bond donors (Lipinski definition) is 1. The summed E-state index contributed by atoms with van der Waals surface area (Å²) < 4.78 is 38.1. The van der Waals surface area contributed by atoms with Gasteiger partial charge in [-0.25, -0.2) is 4.79 Å². The van der Waals surface area contributed by atoms with Gasteiger partial charge in [0.15, 0.2) is 0 Å². The summed E-state index contributed by atoms with van der Waals surface area (Å²) >= 11 is 0. The van der Waals surface area contributed by atoms with E-state index in [2.05, 4.69) is 0 Å². The third-order valence-electron chi connectivity index (χ3n) is 3.40. The molecule has 116 valence electrons. The van der Waals surface area contributed by atoms with Crippen molar-refractivity contribution >= 4 is 12.0 Å². The summed E-state index contributed by atoms with van der Waals surface area (Å²) in [5.41, 5.74) is 0. The SMILES string of the molecule is CCN(CCC(=O)O)C(=O)N1CCCC(C(F)(F)F)C1. The van der Waals surface area contributed by atoms with Gasteiger partial charge in [-0.05, 0) is 19.8 Å². The van der Waals surface area contributed by atoms with Crippen LogP contribution < -0.4 is 0 Å². The van der Waals surface area contributed by atoms with Crippen LogP contribution in [0.15, 0.2) is 0 Å². The first-order valence-electron chi connectivity index (χ1n) is 6.58. The molecule has 0 bridgehead atoms. The maximum absolute atomic E-state index is 12.7. The number of carboxylic acid groups (broad SMARTS) is 1. The fourth-order valence-corrected chi connectivity index (χ4v) is 2.24. The van der Waals surface area contributed by atoms with Crippen LogP contribution in [0.2, 0.25) is 0 Å². The third-order valence-corrected chi connectivity index (χ3v) is 3.40. The molecule has 5 nitrogen and oxygen atoms in total. The van der Waals surface area contributed by atoms with Gasteiger partial charge in [0.05, 0.1) is 12.3 Å². The summed E-state index contributed by atoms with van der Waals surface area (Å²) in [4.78, 5) is 25.1. The van der Waals surface area contributed by atoms with Crippen molar-refractivity contribution in [1.82, 2.24) is 9.80 Å². The number of piperidine rings is 1. The van der Waals surface area contributed by atoms with Crippen LogP contribution in [0, 0.1) is 5.92 Å². The van der Waals surface area contributed by atoms with E-state index in [0.29, 0.717) is 6.42 Å². The molecule has 8 heteroatoms. The van der Waals surface area contributed by atoms with Gasteiger partial charge in [0, 0.05) is 26.2 Å². The van der Waals surface area contributed by atoms with E-state index in [4.69, 9.17) is 5.11 Å². The molecule has 1 unspecified atom stereocenters. The molecule has 1 heterocycles. The molecule has 0 aromatic rings. The maximum Gasteiger partial charge on any atom is 0.393 e. The van der Waals surface area contributed by atoms with Gasteiger partial charge >= 0.3 is 18.2 Å². The van der Waals surface area contributed by atoms with Gasteiger partial charge in [-0.15, -0.1) is 0 Å². The van der Waals surface area contributed by atoms with Gasteiger partial charge < -0.3 is 14.9 Å². The molecule has 0 aliphatic carbocycles. The Morgan fingerprint density at radius 3 is 2.55 bits per heavy atom. The van der Waals surface area contributed by atoms with Crippen LogP contribution in [0.3, 0.4) is 0 Å². The number of alkyl halides is 3. The van der Waals surface area contributed by atoms with E-state index < -0.39 is 24.1 Å². The van der Waals surface area contributed by atoms with Crippen molar-refractivity contribution in [2.75, 3.05) is 26.2 Å². The zero-order valence-electron chi connectivity index (χ0n) is 11.3. The molecule has 0 aromatic heterocycles. The molecular weight excluding hydrogens is 277 g/mol. The molecule has 1 aliphatic heterocycles. The van der Waals surface area contributed by atoms with Crippen LogP contribution in [-0.2, 0) is 4.79 Å². The normalized spacial score (nSPS) is 19.8. The number of carbonyl (C=O) groups excluding carboxylic acids is 1. The lowest BCUT2D eigenvalue weighted by Crippen LogP contribution is -2.50. The van der Waals surface area contributed by atoms with E-state index in [0.717, 1.165) is 0 Å². The Kier molecular flexibility index (Phi) is 5.64. The van der Waals surface area contributed by atoms with Crippen molar-refractivity contribution in [3.63, 3.8) is 0 Å². The highest BCUT2D eigenvalue weighted by Gasteiger charge is 2.43. The predicted octanol–water partition coefficient (Wildman–Crippen LogP) is 2.18. The second-order valence-electron chi connectivity index (χ2n) is 4.83. The lowest BCUT2D eigenvalue weighted by Gasteiger charge is -2.36. The van der Waals surface area contributed by atoms with Crippen molar-refractivity contribution in [2.24, 2.45) is 5.92 Å². The summed E-state index contributed by atoms with van der Waals surface area (Å²) in [6.07, 6.45) is -4.16. The number of likely N-dealkylation sites (tertiary alicyclic amines) is 1. The van der Waals surface area contributed by atoms with Crippen LogP contribution in [0.4, 0.5) is 18.0 Å². The molecule has 1 rings (SSSR count). The molecule has 0 saturated carbocycles. The molecule has 0 aromatic carbocycles. The van der Waals surface area contributed by atoms with E-state index in [1.54, 1.807) is 6.92 Å². The Hall–Kier alpha value is -1.47. The zero-order valence-corrected chi connectivity index (χ0v) is 11.3. The van der Waals surface area contributed by atoms with Gasteiger partial charge in [-0.1, -0.05) is 0 Å². The fourth-order valence-electron chi connectivity index (χ4n) is 2.24. The number of amides is 2. The quantitative estimate of drug-likeness (QED) is 0.865. The van der Waals surface area contributed by atoms with E-state index in [1.807, 2.05) is 0 Å². The molecule has 0 spiro atoms. The molecule has 1 aliphatic rings. The highest BCUT2D eigenvalue weighted by atomic mass is 19.4. The second kappa shape index (κ2) is 6.81. The maximum atomic E-state index is 12.7. The lowest BCUT2D eigenvalue weighted by atomic mass is 9.98. The number of halogens is 3. The molecule has 2 amide bonds. The van der Waals surface area contributed by atoms with Gasteiger partial charge in [0.1, 0.15) is 0 Å². The molecular formula is C12H19F3N2O3. The van der Waals surface area contributed by atoms with Crippen molar-refractivity contribution in [2.45, 2.75) is 32.4 Å². The van der Waals surface area contributed by atoms with Gasteiger partial charge in [-0.3, -0.25) is 4.79 Å². The number of urea groups is 1. The monoisotopic (exact) mass is 296 g/mol. The van der Waals surface area contributed by atoms with E-state index in [-0.39, 0.29) is 39.0 Å². The number of carbonyl (C=O) groups is 2. The molecule has 1 atom stereocenters. The number of hydrogen-bond acceptors (Lipinski definition) is 2. The third kappa shape index (κ3) is 4.57. The summed E-state index contributed by atoms with van der Waals surface area (Å²) in [7, 11) is 0. The van der Waals surface area contributed by atoms with Crippen LogP contribution in [-0.4, -0.2) is 59.3 Å². The standard InChI is InChI=1S/C12H19F3N2O3/c1-2-16(7-5-10(18)19)11(20)17-6-3-4-9(8-17)12(13,14)15/h9H,2-8H2,1H3,(H,18,19). The summed E-state index contributed by atoms with van der Waals surface area (Å²) in [6.45, 7) is 1.91. The van der Waals surface area contributed by atoms with E-state index >= 15 is 0 Å². The first-order valence-corrected chi connectivity index (χ1v) is 6.58. The second-order valence-corrected chi connectivity index (χ2v) is 4.83. The number of aliphatic carboxylic acids is 1. The Bertz CT molecular complexity index is 360. The largest absolute Gasteiger partial charge is 0.481 e. The summed E-state index contributed by atoms with van der Waals surface area (Å²) in [5, 5.41) is 8.60. The summed E-state index contributed by atoms with van der Waals surface area (Å²) in [6, 6.07) is -0.511. The van der Waals surface area contributed by atoms with Crippen molar-refractivity contribution < 1.29 is 27.9 Å². The van der Waals surface area contributed by atoms with Gasteiger partial charge in [0.25, 0.3) is 0 Å². The van der Waals surface area contributed by atoms with Crippen LogP contribution in [0.5, 0.6) is 0 Å². The van der Waals surface area contributed by atoms with E-state index in [1.165, 1.54) is 9.80 Å². The fraction of sp³-hybridized carbons (Fsp3) is 0.833. The van der Waals surface area contributed by atoms with Gasteiger partial charge in [-0.2, -0.15) is 13.2 Å². The number of rotatable bonds is 4. The highest BCUT2D eigenvalue weighted by molar-refractivity contribution is 5.75. The highest BCUT2D eigenvalue weighted by Crippen LogP contribution is 2.33. The smallest absolute Gasteiger partial charge is 0.393 e. The molecule has 1 fully saturated rings. The summed E-state index contributed by atoms with van der Waals surface area (Å²) in [5.74, 6) is -2.53. The van der Waals surface area contributed by atoms with Gasteiger partial charge in [0.2, 0.25) is 0 Å². The van der Waals surface area contributed by atoms with Crippen molar-refractivity contribution in [1.29, 1.82) is 0 Å². The van der Waals surface area contributed by atoms with Crippen LogP contribution in [0.25, 0.3) is 0 Å². The zero-order chi connectivity index (χ0) is 15.3. The lowest BCUT2D eigenvalue weighted by molar-refractivity contribution is -0.184. The van der Waals surface area contributed by atoms with Crippen LogP contribution in [0.1, 0.15) is 26.2 Å².